The molecule has 234 valence electrons. The summed E-state index contributed by atoms with van der Waals surface area (Å²) in [5.74, 6) is 0. The molecule has 1 nitrogen and oxygen atoms in total. The molecule has 45 heavy (non-hydrogen) atoms. The third-order valence-electron chi connectivity index (χ3n) is 10.5. The minimum Gasteiger partial charge on any atom is -0.375 e. The van der Waals surface area contributed by atoms with E-state index in [1.54, 1.807) is 10.4 Å². The van der Waals surface area contributed by atoms with Gasteiger partial charge in [-0.05, 0) is 56.0 Å². The van der Waals surface area contributed by atoms with Crippen LogP contribution in [0.3, 0.4) is 0 Å². The van der Waals surface area contributed by atoms with Crippen LogP contribution in [0.1, 0.15) is 105 Å². The smallest absolute Gasteiger partial charge is 0.328 e. The first kappa shape index (κ1) is 31.9. The van der Waals surface area contributed by atoms with Crippen molar-refractivity contribution >= 4 is 58.0 Å². The van der Waals surface area contributed by atoms with Gasteiger partial charge in [-0.3, -0.25) is 0 Å². The van der Waals surface area contributed by atoms with E-state index >= 15 is 0 Å². The molecule has 0 aliphatic carbocycles. The van der Waals surface area contributed by atoms with Crippen molar-refractivity contribution in [3.05, 3.63) is 95.1 Å². The second kappa shape index (κ2) is 9.98. The average Bonchev–Trinajstić information content (AvgIpc) is 3.24. The van der Waals surface area contributed by atoms with Crippen molar-refractivity contribution in [1.29, 1.82) is 0 Å². The Morgan fingerprint density at radius 2 is 0.844 bits per heavy atom. The molecule has 0 N–H and O–H groups in total. The van der Waals surface area contributed by atoms with E-state index in [0.717, 1.165) is 0 Å². The fourth-order valence-electron chi connectivity index (χ4n) is 7.78. The van der Waals surface area contributed by atoms with Crippen LogP contribution in [0.5, 0.6) is 0 Å². The predicted molar refractivity (Wildman–Crippen MR) is 204 cm³/mol. The number of aromatic nitrogens is 1. The molecule has 0 spiro atoms. The van der Waals surface area contributed by atoms with Crippen LogP contribution in [0.4, 0.5) is 0 Å². The minimum absolute atomic E-state index is 0.0385. The van der Waals surface area contributed by atoms with Gasteiger partial charge in [-0.2, -0.15) is 0 Å². The molecule has 0 fully saturated rings. The minimum atomic E-state index is -1.90. The van der Waals surface area contributed by atoms with E-state index in [-0.39, 0.29) is 28.5 Å². The normalized spacial score (nSPS) is 15.5. The molecular formula is C42H54BNSi. The SMILES string of the molecule is CC(C)(C)c1cc(C(C)(C)C)c2c(c1)c1cc(C(C)(C)C)cc(C(C)(C)C)c1n2B1c2ccccc2[Si](C)(C)c2ccccc21. The van der Waals surface area contributed by atoms with Crippen LogP contribution >= 0.6 is 0 Å². The van der Waals surface area contributed by atoms with Crippen molar-refractivity contribution in [2.24, 2.45) is 0 Å². The van der Waals surface area contributed by atoms with Gasteiger partial charge in [-0.1, -0.05) is 178 Å². The zero-order valence-electron chi connectivity index (χ0n) is 30.5. The van der Waals surface area contributed by atoms with E-state index in [2.05, 4.69) is 173 Å². The Labute approximate surface area is 274 Å². The molecule has 0 bridgehead atoms. The van der Waals surface area contributed by atoms with Gasteiger partial charge in [0.1, 0.15) is 8.07 Å². The highest BCUT2D eigenvalue weighted by atomic mass is 28.3. The molecule has 0 unspecified atom stereocenters. The lowest BCUT2D eigenvalue weighted by Crippen LogP contribution is -2.75. The molecule has 4 aromatic carbocycles. The van der Waals surface area contributed by atoms with E-state index < -0.39 is 8.07 Å². The lowest BCUT2D eigenvalue weighted by Gasteiger charge is -2.38. The maximum Gasteiger partial charge on any atom is 0.328 e. The van der Waals surface area contributed by atoms with Crippen LogP contribution in [0.15, 0.2) is 72.8 Å². The van der Waals surface area contributed by atoms with Gasteiger partial charge >= 0.3 is 6.85 Å². The van der Waals surface area contributed by atoms with Crippen molar-refractivity contribution in [1.82, 2.24) is 4.48 Å². The number of hydrogen-bond acceptors (Lipinski definition) is 0. The Morgan fingerprint density at radius 3 is 1.18 bits per heavy atom. The van der Waals surface area contributed by atoms with Crippen LogP contribution in [-0.4, -0.2) is 19.4 Å². The Bertz CT molecular complexity index is 1820. The second-order valence-electron chi connectivity index (χ2n) is 18.4. The van der Waals surface area contributed by atoms with Crippen molar-refractivity contribution in [3.63, 3.8) is 0 Å². The van der Waals surface area contributed by atoms with Crippen LogP contribution in [0.2, 0.25) is 13.1 Å². The Balaban J connectivity index is 1.94. The number of rotatable bonds is 1. The number of nitrogens with zero attached hydrogens (tertiary/aromatic N) is 1. The van der Waals surface area contributed by atoms with Gasteiger partial charge in [0.05, 0.1) is 0 Å². The molecule has 0 saturated carbocycles. The highest BCUT2D eigenvalue weighted by molar-refractivity contribution is 7.11. The first-order chi connectivity index (χ1) is 20.6. The first-order valence-corrected chi connectivity index (χ1v) is 20.0. The molecule has 2 heterocycles. The fourth-order valence-corrected chi connectivity index (χ4v) is 11.0. The van der Waals surface area contributed by atoms with Gasteiger partial charge in [-0.25, -0.2) is 0 Å². The Hall–Kier alpha value is -3.04. The summed E-state index contributed by atoms with van der Waals surface area (Å²) in [5.41, 5.74) is 11.5. The number of benzene rings is 4. The van der Waals surface area contributed by atoms with Gasteiger partial charge in [0.15, 0.2) is 0 Å². The molecule has 0 amide bonds. The van der Waals surface area contributed by atoms with Crippen LogP contribution in [0, 0.1) is 0 Å². The summed E-state index contributed by atoms with van der Waals surface area (Å²) in [5, 5.41) is 5.93. The Morgan fingerprint density at radius 1 is 0.489 bits per heavy atom. The third kappa shape index (κ3) is 5.05. The van der Waals surface area contributed by atoms with Gasteiger partial charge in [0.2, 0.25) is 0 Å². The second-order valence-corrected chi connectivity index (χ2v) is 22.7. The molecule has 0 atom stereocenters. The van der Waals surface area contributed by atoms with E-state index in [4.69, 9.17) is 0 Å². The van der Waals surface area contributed by atoms with E-state index in [0.29, 0.717) is 0 Å². The zero-order valence-corrected chi connectivity index (χ0v) is 31.5. The van der Waals surface area contributed by atoms with Gasteiger partial charge in [0, 0.05) is 21.8 Å². The highest BCUT2D eigenvalue weighted by Gasteiger charge is 2.44. The summed E-state index contributed by atoms with van der Waals surface area (Å²) < 4.78 is 2.81. The number of fused-ring (bicyclic) bond motifs is 5. The van der Waals surface area contributed by atoms with Crippen molar-refractivity contribution in [2.75, 3.05) is 0 Å². The maximum atomic E-state index is 2.81. The van der Waals surface area contributed by atoms with Gasteiger partial charge in [-0.15, -0.1) is 0 Å². The summed E-state index contributed by atoms with van der Waals surface area (Å²) in [6.45, 7) is 33.8. The Kier molecular flexibility index (Phi) is 7.08. The van der Waals surface area contributed by atoms with E-state index in [1.807, 2.05) is 0 Å². The summed E-state index contributed by atoms with van der Waals surface area (Å²) in [6, 6.07) is 29.0. The largest absolute Gasteiger partial charge is 0.375 e. The molecule has 6 rings (SSSR count). The van der Waals surface area contributed by atoms with Crippen molar-refractivity contribution in [3.8, 4) is 0 Å². The highest BCUT2D eigenvalue weighted by Crippen LogP contribution is 2.44. The van der Waals surface area contributed by atoms with Crippen LogP contribution in [0.25, 0.3) is 21.8 Å². The molecule has 0 saturated heterocycles. The summed E-state index contributed by atoms with van der Waals surface area (Å²) in [7, 11) is -1.90. The molecule has 1 aliphatic heterocycles. The van der Waals surface area contributed by atoms with Crippen molar-refractivity contribution < 1.29 is 0 Å². The topological polar surface area (TPSA) is 4.93 Å². The fraction of sp³-hybridized carbons (Fsp3) is 0.429. The number of hydrogen-bond donors (Lipinski definition) is 0. The van der Waals surface area contributed by atoms with Crippen LogP contribution in [-0.2, 0) is 21.7 Å². The quantitative estimate of drug-likeness (QED) is 0.167. The lowest BCUT2D eigenvalue weighted by molar-refractivity contribution is 0.571. The van der Waals surface area contributed by atoms with Crippen molar-refractivity contribution in [2.45, 2.75) is 118 Å². The molecular weight excluding hydrogens is 557 g/mol. The maximum absolute atomic E-state index is 2.81. The van der Waals surface area contributed by atoms with Crippen LogP contribution < -0.4 is 21.3 Å². The predicted octanol–water partition coefficient (Wildman–Crippen LogP) is 8.77. The first-order valence-electron chi connectivity index (χ1n) is 17.0. The molecule has 5 aromatic rings. The third-order valence-corrected chi connectivity index (χ3v) is 14.1. The molecule has 1 aliphatic rings. The average molecular weight is 612 g/mol. The zero-order chi connectivity index (χ0) is 33.1. The monoisotopic (exact) mass is 611 g/mol. The van der Waals surface area contributed by atoms with Gasteiger partial charge < -0.3 is 4.48 Å². The van der Waals surface area contributed by atoms with E-state index in [9.17, 15) is 0 Å². The standard InChI is InChI=1S/C42H54BNSi/c1-39(2,3)27-23-29-30-24-28(40(4,5)6)26-32(42(10,11)12)38(30)44(37(29)31(25-27)41(7,8)9)43-33-19-15-17-21-35(33)45(13,14)36-22-18-16-20-34(36)43/h15-26H,1-14H3. The van der Waals surface area contributed by atoms with E-state index in [1.165, 1.54) is 55.0 Å². The van der Waals surface area contributed by atoms with Gasteiger partial charge in [0.25, 0.3) is 0 Å². The summed E-state index contributed by atoms with van der Waals surface area (Å²) in [6.07, 6.45) is 0. The molecule has 0 radical (unpaired) electrons. The molecule has 3 heteroatoms. The summed E-state index contributed by atoms with van der Waals surface area (Å²) >= 11 is 0. The lowest BCUT2D eigenvalue weighted by atomic mass is 9.49. The summed E-state index contributed by atoms with van der Waals surface area (Å²) in [4.78, 5) is 0. The molecule has 1 aromatic heterocycles.